The maximum Gasteiger partial charge on any atom is 0.151 e. The van der Waals surface area contributed by atoms with Crippen LogP contribution in [0.25, 0.3) is 0 Å². The van der Waals surface area contributed by atoms with Gasteiger partial charge >= 0.3 is 0 Å². The molecule has 0 aliphatic carbocycles. The summed E-state index contributed by atoms with van der Waals surface area (Å²) in [5, 5.41) is 11.6. The van der Waals surface area contributed by atoms with Gasteiger partial charge in [0.2, 0.25) is 0 Å². The second-order valence-electron chi connectivity index (χ2n) is 4.78. The predicted octanol–water partition coefficient (Wildman–Crippen LogP) is 1.12. The van der Waals surface area contributed by atoms with Gasteiger partial charge in [0.1, 0.15) is 12.1 Å². The van der Waals surface area contributed by atoms with E-state index in [1.165, 1.54) is 0 Å². The Morgan fingerprint density at radius 3 is 2.84 bits per heavy atom. The molecule has 1 fully saturated rings. The van der Waals surface area contributed by atoms with Gasteiger partial charge in [-0.3, -0.25) is 0 Å². The molecule has 2 aromatic rings. The lowest BCUT2D eigenvalue weighted by Gasteiger charge is -2.40. The zero-order chi connectivity index (χ0) is 13.1. The Bertz CT molecular complexity index is 521. The van der Waals surface area contributed by atoms with Crippen LogP contribution in [0.15, 0.2) is 30.7 Å². The highest BCUT2D eigenvalue weighted by Gasteiger charge is 2.27. The van der Waals surface area contributed by atoms with Crippen LogP contribution in [0.5, 0.6) is 0 Å². The minimum absolute atomic E-state index is 0.623. The van der Waals surface area contributed by atoms with E-state index >= 15 is 0 Å². The molecule has 1 aliphatic heterocycles. The molecule has 0 bridgehead atoms. The van der Waals surface area contributed by atoms with E-state index < -0.39 is 0 Å². The van der Waals surface area contributed by atoms with Gasteiger partial charge in [0.05, 0.1) is 5.69 Å². The van der Waals surface area contributed by atoms with Gasteiger partial charge in [0, 0.05) is 31.7 Å². The van der Waals surface area contributed by atoms with Gasteiger partial charge in [0.25, 0.3) is 0 Å². The molecule has 19 heavy (non-hydrogen) atoms. The summed E-state index contributed by atoms with van der Waals surface area (Å²) in [5.74, 6) is 2.46. The Balaban J connectivity index is 1.47. The first-order valence-corrected chi connectivity index (χ1v) is 6.36. The number of nitrogens with zero attached hydrogens (tertiary/aromatic N) is 5. The zero-order valence-corrected chi connectivity index (χ0v) is 10.8. The lowest BCUT2D eigenvalue weighted by atomic mass is 10.0. The molecule has 1 saturated heterocycles. The van der Waals surface area contributed by atoms with E-state index in [-0.39, 0.29) is 0 Å². The molecule has 0 unspecified atom stereocenters. The molecule has 0 amide bonds. The molecule has 1 N–H and O–H groups in total. The van der Waals surface area contributed by atoms with Crippen LogP contribution in [-0.4, -0.2) is 39.8 Å². The molecule has 3 heterocycles. The fraction of sp³-hybridized carbons (Fsp3) is 0.385. The summed E-state index contributed by atoms with van der Waals surface area (Å²) in [4.78, 5) is 10.3. The Kier molecular flexibility index (Phi) is 3.22. The van der Waals surface area contributed by atoms with Crippen LogP contribution in [0.1, 0.15) is 5.69 Å². The molecule has 0 aromatic carbocycles. The van der Waals surface area contributed by atoms with Crippen LogP contribution in [0.2, 0.25) is 0 Å². The molecule has 1 aliphatic rings. The Morgan fingerprint density at radius 1 is 1.26 bits per heavy atom. The fourth-order valence-electron chi connectivity index (χ4n) is 2.09. The van der Waals surface area contributed by atoms with Crippen molar-refractivity contribution in [3.63, 3.8) is 0 Å². The average Bonchev–Trinajstić information content (AvgIpc) is 2.40. The number of aromatic nitrogens is 4. The average molecular weight is 256 g/mol. The van der Waals surface area contributed by atoms with Crippen LogP contribution in [0.3, 0.4) is 0 Å². The number of rotatable bonds is 4. The van der Waals surface area contributed by atoms with Crippen molar-refractivity contribution < 1.29 is 0 Å². The molecule has 0 atom stereocenters. The molecule has 6 nitrogen and oxygen atoms in total. The topological polar surface area (TPSA) is 66.8 Å². The Hall–Kier alpha value is -2.24. The summed E-state index contributed by atoms with van der Waals surface area (Å²) >= 11 is 0. The highest BCUT2D eigenvalue weighted by atomic mass is 15.3. The highest BCUT2D eigenvalue weighted by molar-refractivity contribution is 5.41. The molecule has 0 saturated carbocycles. The van der Waals surface area contributed by atoms with E-state index in [2.05, 4.69) is 30.4 Å². The normalized spacial score (nSPS) is 15.1. The first-order chi connectivity index (χ1) is 9.31. The summed E-state index contributed by atoms with van der Waals surface area (Å²) in [5.41, 5.74) is 0.950. The lowest BCUT2D eigenvalue weighted by molar-refractivity contribution is 0.425. The van der Waals surface area contributed by atoms with Gasteiger partial charge in [-0.05, 0) is 25.1 Å². The maximum atomic E-state index is 4.19. The van der Waals surface area contributed by atoms with Crippen molar-refractivity contribution >= 4 is 11.6 Å². The van der Waals surface area contributed by atoms with Gasteiger partial charge in [-0.15, -0.1) is 5.10 Å². The highest BCUT2D eigenvalue weighted by Crippen LogP contribution is 2.22. The van der Waals surface area contributed by atoms with Gasteiger partial charge < -0.3 is 10.2 Å². The first kappa shape index (κ1) is 11.8. The Labute approximate surface area is 111 Å². The van der Waals surface area contributed by atoms with Gasteiger partial charge in [0.15, 0.2) is 5.82 Å². The largest absolute Gasteiger partial charge is 0.370 e. The summed E-state index contributed by atoms with van der Waals surface area (Å²) in [6.45, 7) is 4.89. The second-order valence-corrected chi connectivity index (χ2v) is 4.78. The summed E-state index contributed by atoms with van der Waals surface area (Å²) < 4.78 is 0. The van der Waals surface area contributed by atoms with E-state index in [4.69, 9.17) is 0 Å². The lowest BCUT2D eigenvalue weighted by Crippen LogP contribution is -2.50. The van der Waals surface area contributed by atoms with Crippen molar-refractivity contribution in [2.24, 2.45) is 5.92 Å². The first-order valence-electron chi connectivity index (χ1n) is 6.36. The van der Waals surface area contributed by atoms with Gasteiger partial charge in [-0.1, -0.05) is 0 Å². The van der Waals surface area contributed by atoms with Crippen molar-refractivity contribution in [3.05, 3.63) is 36.4 Å². The van der Waals surface area contributed by atoms with Crippen LogP contribution < -0.4 is 10.2 Å². The van der Waals surface area contributed by atoms with E-state index in [0.29, 0.717) is 5.92 Å². The van der Waals surface area contributed by atoms with Crippen molar-refractivity contribution in [2.75, 3.05) is 29.9 Å². The molecule has 6 heteroatoms. The third-order valence-corrected chi connectivity index (χ3v) is 3.22. The summed E-state index contributed by atoms with van der Waals surface area (Å²) in [6.07, 6.45) is 3.29. The smallest absolute Gasteiger partial charge is 0.151 e. The van der Waals surface area contributed by atoms with E-state index in [0.717, 1.165) is 37.0 Å². The SMILES string of the molecule is Cc1ccc(N2CC(CNc3ccncn3)C2)nn1. The standard InChI is InChI=1S/C13H16N6/c1-10-2-3-13(18-17-10)19-7-11(8-19)6-15-12-4-5-14-9-16-12/h2-5,9,11H,6-8H2,1H3,(H,14,15,16). The van der Waals surface area contributed by atoms with E-state index in [1.54, 1.807) is 12.5 Å². The Morgan fingerprint density at radius 2 is 2.16 bits per heavy atom. The fourth-order valence-corrected chi connectivity index (χ4v) is 2.09. The minimum Gasteiger partial charge on any atom is -0.370 e. The molecule has 2 aromatic heterocycles. The molecule has 0 spiro atoms. The van der Waals surface area contributed by atoms with Crippen LogP contribution in [0.4, 0.5) is 11.6 Å². The monoisotopic (exact) mass is 256 g/mol. The molecular formula is C13H16N6. The third kappa shape index (κ3) is 2.78. The van der Waals surface area contributed by atoms with Crippen LogP contribution >= 0.6 is 0 Å². The number of aryl methyl sites for hydroxylation is 1. The van der Waals surface area contributed by atoms with Crippen LogP contribution in [-0.2, 0) is 0 Å². The summed E-state index contributed by atoms with van der Waals surface area (Å²) in [7, 11) is 0. The number of hydrogen-bond donors (Lipinski definition) is 1. The molecular weight excluding hydrogens is 240 g/mol. The number of anilines is 2. The van der Waals surface area contributed by atoms with E-state index in [1.807, 2.05) is 25.1 Å². The number of hydrogen-bond acceptors (Lipinski definition) is 6. The quantitative estimate of drug-likeness (QED) is 0.884. The number of nitrogens with one attached hydrogen (secondary N) is 1. The van der Waals surface area contributed by atoms with Gasteiger partial charge in [-0.2, -0.15) is 5.10 Å². The molecule has 98 valence electrons. The van der Waals surface area contributed by atoms with Crippen molar-refractivity contribution in [1.29, 1.82) is 0 Å². The minimum atomic E-state index is 0.623. The van der Waals surface area contributed by atoms with E-state index in [9.17, 15) is 0 Å². The zero-order valence-electron chi connectivity index (χ0n) is 10.8. The molecule has 3 rings (SSSR count). The predicted molar refractivity (Wildman–Crippen MR) is 73.0 cm³/mol. The molecule has 0 radical (unpaired) electrons. The summed E-state index contributed by atoms with van der Waals surface area (Å²) in [6, 6.07) is 5.90. The second kappa shape index (κ2) is 5.17. The third-order valence-electron chi connectivity index (χ3n) is 3.22. The van der Waals surface area contributed by atoms with Crippen molar-refractivity contribution in [3.8, 4) is 0 Å². The van der Waals surface area contributed by atoms with Gasteiger partial charge in [-0.25, -0.2) is 9.97 Å². The van der Waals surface area contributed by atoms with Crippen molar-refractivity contribution in [1.82, 2.24) is 20.2 Å². The van der Waals surface area contributed by atoms with Crippen molar-refractivity contribution in [2.45, 2.75) is 6.92 Å². The maximum absolute atomic E-state index is 4.19. The van der Waals surface area contributed by atoms with Crippen LogP contribution in [0, 0.1) is 12.8 Å².